The van der Waals surface area contributed by atoms with Crippen molar-refractivity contribution in [3.8, 4) is 0 Å². The van der Waals surface area contributed by atoms with E-state index < -0.39 is 35.9 Å². The highest BCUT2D eigenvalue weighted by Crippen LogP contribution is 2.12. The van der Waals surface area contributed by atoms with Gasteiger partial charge in [0.15, 0.2) is 6.61 Å². The summed E-state index contributed by atoms with van der Waals surface area (Å²) < 4.78 is 4.72. The summed E-state index contributed by atoms with van der Waals surface area (Å²) in [5.41, 5.74) is -0.182. The summed E-state index contributed by atoms with van der Waals surface area (Å²) in [6, 6.07) is 5.07. The van der Waals surface area contributed by atoms with E-state index in [1.807, 2.05) is 13.8 Å². The number of hydrogen-bond donors (Lipinski definition) is 2. The van der Waals surface area contributed by atoms with Gasteiger partial charge in [0, 0.05) is 23.7 Å². The van der Waals surface area contributed by atoms with Crippen LogP contribution in [-0.2, 0) is 14.3 Å². The van der Waals surface area contributed by atoms with Gasteiger partial charge < -0.3 is 15.4 Å². The van der Waals surface area contributed by atoms with Crippen LogP contribution < -0.4 is 10.6 Å². The molecule has 2 amide bonds. The molecule has 9 heteroatoms. The van der Waals surface area contributed by atoms with Crippen LogP contribution in [-0.4, -0.2) is 41.9 Å². The Balaban J connectivity index is 2.41. The maximum Gasteiger partial charge on any atom is 0.325 e. The molecule has 0 aliphatic heterocycles. The molecule has 1 aromatic rings. The molecule has 0 heterocycles. The molecule has 0 radical (unpaired) electrons. The van der Waals surface area contributed by atoms with Gasteiger partial charge in [0.1, 0.15) is 6.54 Å². The molecule has 0 aliphatic carbocycles. The quantitative estimate of drug-likeness (QED) is 0.410. The van der Waals surface area contributed by atoms with Crippen LogP contribution in [0.1, 0.15) is 30.6 Å². The third-order valence-electron chi connectivity index (χ3n) is 3.10. The molecular formula is C15H19N3O6. The second-order valence-corrected chi connectivity index (χ2v) is 5.03. The van der Waals surface area contributed by atoms with Crippen LogP contribution in [0, 0.1) is 10.1 Å². The first-order valence-electron chi connectivity index (χ1n) is 7.31. The van der Waals surface area contributed by atoms with Gasteiger partial charge in [0.25, 0.3) is 17.5 Å². The molecular weight excluding hydrogens is 318 g/mol. The predicted octanol–water partition coefficient (Wildman–Crippen LogP) is 0.783. The van der Waals surface area contributed by atoms with E-state index in [2.05, 4.69) is 10.6 Å². The van der Waals surface area contributed by atoms with Gasteiger partial charge in [-0.05, 0) is 19.4 Å². The van der Waals surface area contributed by atoms with Crippen LogP contribution >= 0.6 is 0 Å². The number of esters is 1. The Kier molecular flexibility index (Phi) is 7.34. The minimum atomic E-state index is -0.784. The van der Waals surface area contributed by atoms with Crippen LogP contribution in [0.5, 0.6) is 0 Å². The zero-order chi connectivity index (χ0) is 18.1. The number of nitrogens with zero attached hydrogens (tertiary/aromatic N) is 1. The fourth-order valence-corrected chi connectivity index (χ4v) is 1.63. The van der Waals surface area contributed by atoms with E-state index in [0.717, 1.165) is 12.5 Å². The Morgan fingerprint density at radius 1 is 1.33 bits per heavy atom. The average Bonchev–Trinajstić information content (AvgIpc) is 2.57. The lowest BCUT2D eigenvalue weighted by molar-refractivity contribution is -0.384. The third-order valence-corrected chi connectivity index (χ3v) is 3.10. The van der Waals surface area contributed by atoms with Crippen molar-refractivity contribution in [1.82, 2.24) is 10.6 Å². The van der Waals surface area contributed by atoms with Crippen molar-refractivity contribution < 1.29 is 24.0 Å². The molecule has 0 fully saturated rings. The van der Waals surface area contributed by atoms with Crippen molar-refractivity contribution in [2.24, 2.45) is 0 Å². The first-order valence-corrected chi connectivity index (χ1v) is 7.31. The van der Waals surface area contributed by atoms with E-state index in [0.29, 0.717) is 0 Å². The first-order chi connectivity index (χ1) is 11.3. The minimum absolute atomic E-state index is 0.0234. The van der Waals surface area contributed by atoms with Crippen LogP contribution in [0.15, 0.2) is 24.3 Å². The molecule has 0 bridgehead atoms. The Labute approximate surface area is 138 Å². The van der Waals surface area contributed by atoms with E-state index >= 15 is 0 Å². The Morgan fingerprint density at radius 2 is 2.04 bits per heavy atom. The molecule has 1 aromatic carbocycles. The number of nitrogens with one attached hydrogen (secondary N) is 2. The van der Waals surface area contributed by atoms with Gasteiger partial charge in [-0.15, -0.1) is 0 Å². The van der Waals surface area contributed by atoms with Gasteiger partial charge in [-0.2, -0.15) is 0 Å². The van der Waals surface area contributed by atoms with Gasteiger partial charge in [-0.1, -0.05) is 13.0 Å². The molecule has 0 saturated carbocycles. The largest absolute Gasteiger partial charge is 0.454 e. The summed E-state index contributed by atoms with van der Waals surface area (Å²) in [6.07, 6.45) is 0.749. The fourth-order valence-electron chi connectivity index (χ4n) is 1.63. The Bertz CT molecular complexity index is 631. The summed E-state index contributed by atoms with van der Waals surface area (Å²) in [5, 5.41) is 15.5. The maximum atomic E-state index is 11.8. The summed E-state index contributed by atoms with van der Waals surface area (Å²) in [7, 11) is 0. The van der Waals surface area contributed by atoms with E-state index in [-0.39, 0.29) is 17.3 Å². The van der Waals surface area contributed by atoms with E-state index in [9.17, 15) is 24.5 Å². The summed E-state index contributed by atoms with van der Waals surface area (Å²) in [4.78, 5) is 44.8. The smallest absolute Gasteiger partial charge is 0.325 e. The lowest BCUT2D eigenvalue weighted by atomic mass is 10.2. The number of rotatable bonds is 8. The predicted molar refractivity (Wildman–Crippen MR) is 84.3 cm³/mol. The van der Waals surface area contributed by atoms with Gasteiger partial charge in [-0.3, -0.25) is 24.5 Å². The molecule has 0 saturated heterocycles. The molecule has 130 valence electrons. The standard InChI is InChI=1S/C15H19N3O6/c1-3-10(2)17-13(19)9-24-14(20)8-16-15(21)11-5-4-6-12(7-11)18(22)23/h4-7,10H,3,8-9H2,1-2H3,(H,16,21)(H,17,19)/t10-/m1/s1. The number of nitro groups is 1. The van der Waals surface area contributed by atoms with Gasteiger partial charge in [0.2, 0.25) is 0 Å². The number of nitro benzene ring substituents is 1. The highest BCUT2D eigenvalue weighted by molar-refractivity contribution is 5.96. The molecule has 1 atom stereocenters. The summed E-state index contributed by atoms with van der Waals surface area (Å²) in [6.45, 7) is 2.84. The van der Waals surface area contributed by atoms with Crippen LogP contribution in [0.4, 0.5) is 5.69 Å². The number of ether oxygens (including phenoxy) is 1. The Hall–Kier alpha value is -2.97. The van der Waals surface area contributed by atoms with Crippen molar-refractivity contribution >= 4 is 23.5 Å². The van der Waals surface area contributed by atoms with Crippen LogP contribution in [0.3, 0.4) is 0 Å². The number of carbonyl (C=O) groups is 3. The fraction of sp³-hybridized carbons (Fsp3) is 0.400. The highest BCUT2D eigenvalue weighted by atomic mass is 16.6. The lowest BCUT2D eigenvalue weighted by Gasteiger charge is -2.11. The van der Waals surface area contributed by atoms with Crippen LogP contribution in [0.2, 0.25) is 0 Å². The molecule has 0 spiro atoms. The molecule has 0 unspecified atom stereocenters. The monoisotopic (exact) mass is 337 g/mol. The van der Waals surface area contributed by atoms with Gasteiger partial charge >= 0.3 is 5.97 Å². The molecule has 2 N–H and O–H groups in total. The zero-order valence-corrected chi connectivity index (χ0v) is 13.4. The number of amides is 2. The zero-order valence-electron chi connectivity index (χ0n) is 13.4. The molecule has 24 heavy (non-hydrogen) atoms. The van der Waals surface area contributed by atoms with Crippen molar-refractivity contribution in [1.29, 1.82) is 0 Å². The molecule has 1 rings (SSSR count). The number of carbonyl (C=O) groups excluding carboxylic acids is 3. The normalized spacial score (nSPS) is 11.2. The lowest BCUT2D eigenvalue weighted by Crippen LogP contribution is -2.37. The molecule has 9 nitrogen and oxygen atoms in total. The summed E-state index contributed by atoms with van der Waals surface area (Å²) >= 11 is 0. The summed E-state index contributed by atoms with van der Waals surface area (Å²) in [5.74, 6) is -1.87. The second-order valence-electron chi connectivity index (χ2n) is 5.03. The third kappa shape index (κ3) is 6.42. The molecule has 0 aliphatic rings. The van der Waals surface area contributed by atoms with E-state index in [4.69, 9.17) is 4.74 Å². The maximum absolute atomic E-state index is 11.8. The topological polar surface area (TPSA) is 128 Å². The number of non-ortho nitro benzene ring substituents is 1. The van der Waals surface area contributed by atoms with Gasteiger partial charge in [-0.25, -0.2) is 0 Å². The number of hydrogen-bond acceptors (Lipinski definition) is 6. The van der Waals surface area contributed by atoms with Crippen LogP contribution in [0.25, 0.3) is 0 Å². The number of benzene rings is 1. The van der Waals surface area contributed by atoms with Crippen molar-refractivity contribution in [3.63, 3.8) is 0 Å². The SMILES string of the molecule is CC[C@@H](C)NC(=O)COC(=O)CNC(=O)c1cccc([N+](=O)[O-])c1. The van der Waals surface area contributed by atoms with Crippen molar-refractivity contribution in [2.45, 2.75) is 26.3 Å². The average molecular weight is 337 g/mol. The highest BCUT2D eigenvalue weighted by Gasteiger charge is 2.14. The van der Waals surface area contributed by atoms with E-state index in [1.165, 1.54) is 18.2 Å². The van der Waals surface area contributed by atoms with Gasteiger partial charge in [0.05, 0.1) is 4.92 Å². The van der Waals surface area contributed by atoms with Crippen molar-refractivity contribution in [3.05, 3.63) is 39.9 Å². The van der Waals surface area contributed by atoms with Crippen molar-refractivity contribution in [2.75, 3.05) is 13.2 Å². The molecule has 0 aromatic heterocycles. The second kappa shape index (κ2) is 9.23. The van der Waals surface area contributed by atoms with E-state index in [1.54, 1.807) is 0 Å². The minimum Gasteiger partial charge on any atom is -0.454 e. The Morgan fingerprint density at radius 3 is 2.67 bits per heavy atom. The first kappa shape index (κ1) is 19.1.